The summed E-state index contributed by atoms with van der Waals surface area (Å²) in [6.07, 6.45) is 2.73. The fraction of sp³-hybridized carbons (Fsp3) is 0.281. The SMILES string of the molecule is CNC(=O)Cc1ccc(OCC(=O)NC(Cc2c[nH]c3ccccc23)CN(Cc2ccccc2OC)C(C)=O)cc1.[HH]. The molecule has 3 N–H and O–H groups in total. The second-order valence-electron chi connectivity index (χ2n) is 9.82. The van der Waals surface area contributed by atoms with Crippen molar-refractivity contribution in [3.05, 3.63) is 95.7 Å². The van der Waals surface area contributed by atoms with Crippen LogP contribution in [0, 0.1) is 0 Å². The van der Waals surface area contributed by atoms with Crippen molar-refractivity contribution >= 4 is 28.6 Å². The number of carbonyl (C=O) groups excluding carboxylic acids is 3. The summed E-state index contributed by atoms with van der Waals surface area (Å²) in [6, 6.07) is 22.3. The molecule has 9 nitrogen and oxygen atoms in total. The van der Waals surface area contributed by atoms with E-state index in [2.05, 4.69) is 15.6 Å². The van der Waals surface area contributed by atoms with Gasteiger partial charge >= 0.3 is 0 Å². The number of rotatable bonds is 13. The van der Waals surface area contributed by atoms with Gasteiger partial charge in [0.1, 0.15) is 11.5 Å². The lowest BCUT2D eigenvalue weighted by atomic mass is 10.0. The van der Waals surface area contributed by atoms with Crippen LogP contribution >= 0.6 is 0 Å². The molecule has 1 heterocycles. The molecule has 1 unspecified atom stereocenters. The number of fused-ring (bicyclic) bond motifs is 1. The molecule has 0 radical (unpaired) electrons. The van der Waals surface area contributed by atoms with Crippen LogP contribution in [-0.4, -0.2) is 61.0 Å². The lowest BCUT2D eigenvalue weighted by Gasteiger charge is -2.28. The number of hydrogen-bond donors (Lipinski definition) is 3. The molecule has 4 rings (SSSR count). The minimum absolute atomic E-state index is 0. The molecule has 1 aromatic heterocycles. The van der Waals surface area contributed by atoms with Gasteiger partial charge in [-0.1, -0.05) is 48.5 Å². The zero-order valence-electron chi connectivity index (χ0n) is 23.6. The minimum Gasteiger partial charge on any atom is -0.496 e. The summed E-state index contributed by atoms with van der Waals surface area (Å²) in [5.41, 5.74) is 3.78. The summed E-state index contributed by atoms with van der Waals surface area (Å²) >= 11 is 0. The zero-order chi connectivity index (χ0) is 29.2. The van der Waals surface area contributed by atoms with E-state index in [0.29, 0.717) is 31.0 Å². The Morgan fingerprint density at radius 2 is 1.68 bits per heavy atom. The number of ether oxygens (including phenoxy) is 2. The monoisotopic (exact) mass is 558 g/mol. The molecule has 3 aromatic carbocycles. The molecule has 0 aliphatic heterocycles. The van der Waals surface area contributed by atoms with E-state index in [4.69, 9.17) is 9.47 Å². The van der Waals surface area contributed by atoms with Crippen LogP contribution in [0.1, 0.15) is 25.0 Å². The molecule has 0 bridgehead atoms. The highest BCUT2D eigenvalue weighted by molar-refractivity contribution is 5.83. The Morgan fingerprint density at radius 1 is 0.951 bits per heavy atom. The van der Waals surface area contributed by atoms with Crippen molar-refractivity contribution < 1.29 is 25.3 Å². The summed E-state index contributed by atoms with van der Waals surface area (Å²) in [7, 11) is 3.20. The number of aromatic nitrogens is 1. The molecule has 0 fully saturated rings. The first-order valence-electron chi connectivity index (χ1n) is 13.5. The number of nitrogens with one attached hydrogen (secondary N) is 3. The Balaban J connectivity index is 0.00000484. The molecular weight excluding hydrogens is 520 g/mol. The van der Waals surface area contributed by atoms with Gasteiger partial charge in [0.15, 0.2) is 6.61 Å². The van der Waals surface area contributed by atoms with E-state index >= 15 is 0 Å². The predicted octanol–water partition coefficient (Wildman–Crippen LogP) is 3.87. The first-order valence-corrected chi connectivity index (χ1v) is 13.5. The fourth-order valence-electron chi connectivity index (χ4n) is 4.73. The number of carbonyl (C=O) groups is 3. The van der Waals surface area contributed by atoms with Crippen molar-refractivity contribution in [1.82, 2.24) is 20.5 Å². The van der Waals surface area contributed by atoms with Crippen LogP contribution in [0.15, 0.2) is 79.0 Å². The van der Waals surface area contributed by atoms with Crippen LogP contribution in [-0.2, 0) is 33.8 Å². The van der Waals surface area contributed by atoms with Gasteiger partial charge in [-0.05, 0) is 41.8 Å². The minimum atomic E-state index is -0.376. The third-order valence-corrected chi connectivity index (χ3v) is 6.88. The number of nitrogens with zero attached hydrogens (tertiary/aromatic N) is 1. The molecule has 0 saturated carbocycles. The molecule has 1 atom stereocenters. The van der Waals surface area contributed by atoms with Crippen LogP contribution in [0.5, 0.6) is 11.5 Å². The summed E-state index contributed by atoms with van der Waals surface area (Å²) in [6.45, 7) is 1.98. The summed E-state index contributed by atoms with van der Waals surface area (Å²) in [4.78, 5) is 42.4. The maximum absolute atomic E-state index is 13.1. The average molecular weight is 559 g/mol. The standard InChI is InChI=1S/C32H36N4O5.H2/c1-22(37)36(19-24-8-4-7-11-30(24)40-3)20-26(17-25-18-34-29-10-6-5-9-28(25)29)35-32(39)21-41-27-14-12-23(13-15-27)16-31(38)33-2;/h4-15,18,26,34H,16-17,19-21H2,1-3H3,(H,33,38)(H,35,39);1H. The number of para-hydroxylation sites is 2. The number of hydrogen-bond acceptors (Lipinski definition) is 5. The van der Waals surface area contributed by atoms with Gasteiger partial charge in [0.2, 0.25) is 11.8 Å². The van der Waals surface area contributed by atoms with Gasteiger partial charge in [-0.2, -0.15) is 0 Å². The fourth-order valence-corrected chi connectivity index (χ4v) is 4.73. The van der Waals surface area contributed by atoms with Crippen molar-refractivity contribution in [3.8, 4) is 11.5 Å². The normalized spacial score (nSPS) is 11.5. The van der Waals surface area contributed by atoms with Gasteiger partial charge < -0.3 is 30.0 Å². The third kappa shape index (κ3) is 8.11. The quantitative estimate of drug-likeness (QED) is 0.231. The molecule has 4 aromatic rings. The third-order valence-electron chi connectivity index (χ3n) is 6.88. The first kappa shape index (κ1) is 29.2. The van der Waals surface area contributed by atoms with Gasteiger partial charge in [0.25, 0.3) is 5.91 Å². The number of amides is 3. The second-order valence-corrected chi connectivity index (χ2v) is 9.82. The Hall–Kier alpha value is -4.79. The Bertz CT molecular complexity index is 1490. The van der Waals surface area contributed by atoms with Crippen molar-refractivity contribution in [2.45, 2.75) is 32.4 Å². The lowest BCUT2D eigenvalue weighted by molar-refractivity contribution is -0.131. The maximum atomic E-state index is 13.1. The largest absolute Gasteiger partial charge is 0.496 e. The van der Waals surface area contributed by atoms with E-state index < -0.39 is 0 Å². The van der Waals surface area contributed by atoms with Crippen LogP contribution in [0.2, 0.25) is 0 Å². The van der Waals surface area contributed by atoms with Crippen LogP contribution in [0.25, 0.3) is 10.9 Å². The summed E-state index contributed by atoms with van der Waals surface area (Å²) in [5, 5.41) is 6.74. The van der Waals surface area contributed by atoms with Crippen LogP contribution in [0.3, 0.4) is 0 Å². The van der Waals surface area contributed by atoms with Gasteiger partial charge in [0, 0.05) is 51.2 Å². The first-order chi connectivity index (χ1) is 19.9. The van der Waals surface area contributed by atoms with E-state index in [1.807, 2.05) is 54.7 Å². The second kappa shape index (κ2) is 14.0. The Kier molecular flexibility index (Phi) is 9.99. The van der Waals surface area contributed by atoms with Gasteiger partial charge in [-0.15, -0.1) is 0 Å². The molecular formula is C32H38N4O5. The van der Waals surface area contributed by atoms with E-state index in [9.17, 15) is 14.4 Å². The van der Waals surface area contributed by atoms with Crippen molar-refractivity contribution in [3.63, 3.8) is 0 Å². The number of methoxy groups -OCH3 is 1. The Morgan fingerprint density at radius 3 is 2.41 bits per heavy atom. The molecule has 41 heavy (non-hydrogen) atoms. The smallest absolute Gasteiger partial charge is 0.258 e. The molecule has 0 aliphatic carbocycles. The van der Waals surface area contributed by atoms with Gasteiger partial charge in [-0.3, -0.25) is 14.4 Å². The highest BCUT2D eigenvalue weighted by Crippen LogP contribution is 2.22. The zero-order valence-corrected chi connectivity index (χ0v) is 23.6. The highest BCUT2D eigenvalue weighted by atomic mass is 16.5. The van der Waals surface area contributed by atoms with Gasteiger partial charge in [0.05, 0.1) is 19.6 Å². The summed E-state index contributed by atoms with van der Waals surface area (Å²) in [5.74, 6) is 0.734. The average Bonchev–Trinajstić information content (AvgIpc) is 3.39. The summed E-state index contributed by atoms with van der Waals surface area (Å²) < 4.78 is 11.2. The molecule has 3 amide bonds. The van der Waals surface area contributed by atoms with Crippen molar-refractivity contribution in [2.24, 2.45) is 0 Å². The topological polar surface area (TPSA) is 113 Å². The van der Waals surface area contributed by atoms with E-state index in [1.54, 1.807) is 43.3 Å². The lowest BCUT2D eigenvalue weighted by Crippen LogP contribution is -2.47. The van der Waals surface area contributed by atoms with Crippen LogP contribution in [0.4, 0.5) is 0 Å². The molecule has 9 heteroatoms. The van der Waals surface area contributed by atoms with Crippen LogP contribution < -0.4 is 20.1 Å². The predicted molar refractivity (Wildman–Crippen MR) is 160 cm³/mol. The van der Waals surface area contributed by atoms with Crippen molar-refractivity contribution in [2.75, 3.05) is 27.3 Å². The van der Waals surface area contributed by atoms with E-state index in [-0.39, 0.29) is 38.2 Å². The molecule has 216 valence electrons. The van der Waals surface area contributed by atoms with Crippen molar-refractivity contribution in [1.29, 1.82) is 0 Å². The maximum Gasteiger partial charge on any atom is 0.258 e. The molecule has 0 saturated heterocycles. The van der Waals surface area contributed by atoms with E-state index in [1.165, 1.54) is 6.92 Å². The molecule has 0 spiro atoms. The Labute approximate surface area is 241 Å². The number of likely N-dealkylation sites (N-methyl/N-ethyl adjacent to an activating group) is 1. The number of H-pyrrole nitrogens is 1. The number of aromatic amines is 1. The van der Waals surface area contributed by atoms with E-state index in [0.717, 1.165) is 27.6 Å². The number of benzene rings is 3. The van der Waals surface area contributed by atoms with Gasteiger partial charge in [-0.25, -0.2) is 0 Å². The molecule has 0 aliphatic rings. The highest BCUT2D eigenvalue weighted by Gasteiger charge is 2.22.